The normalized spacial score (nSPS) is 16.9. The largest absolute Gasteiger partial charge is 0.481 e. The highest BCUT2D eigenvalue weighted by atomic mass is 16.4. The van der Waals surface area contributed by atoms with E-state index in [9.17, 15) is 14.7 Å². The van der Waals surface area contributed by atoms with Gasteiger partial charge in [-0.3, -0.25) is 9.59 Å². The van der Waals surface area contributed by atoms with Crippen molar-refractivity contribution < 1.29 is 14.7 Å². The van der Waals surface area contributed by atoms with Gasteiger partial charge >= 0.3 is 5.97 Å². The van der Waals surface area contributed by atoms with E-state index in [-0.39, 0.29) is 5.78 Å². The van der Waals surface area contributed by atoms with Gasteiger partial charge in [-0.1, -0.05) is 48.0 Å². The van der Waals surface area contributed by atoms with Crippen molar-refractivity contribution in [2.24, 2.45) is 0 Å². The molecule has 0 heterocycles. The Balaban J connectivity index is 2.05. The van der Waals surface area contributed by atoms with Crippen molar-refractivity contribution in [1.29, 1.82) is 0 Å². The summed E-state index contributed by atoms with van der Waals surface area (Å²) in [5.74, 6) is -1.32. The minimum atomic E-state index is -0.805. The molecule has 1 aliphatic carbocycles. The van der Waals surface area contributed by atoms with Crippen LogP contribution in [0.2, 0.25) is 0 Å². The van der Waals surface area contributed by atoms with Crippen LogP contribution in [-0.2, 0) is 11.2 Å². The first kappa shape index (κ1) is 14.5. The molecule has 0 radical (unpaired) electrons. The zero-order valence-electron chi connectivity index (χ0n) is 12.5. The van der Waals surface area contributed by atoms with Crippen LogP contribution in [0.25, 0.3) is 0 Å². The Labute approximate surface area is 129 Å². The second-order valence-corrected chi connectivity index (χ2v) is 5.85. The maximum Gasteiger partial charge on any atom is 0.310 e. The highest BCUT2D eigenvalue weighted by molar-refractivity contribution is 6.10. The first-order valence-electron chi connectivity index (χ1n) is 7.54. The number of benzene rings is 2. The number of aryl methyl sites for hydroxylation is 1. The van der Waals surface area contributed by atoms with E-state index in [4.69, 9.17) is 0 Å². The quantitative estimate of drug-likeness (QED) is 0.878. The topological polar surface area (TPSA) is 54.4 Å². The van der Waals surface area contributed by atoms with Crippen molar-refractivity contribution >= 4 is 11.8 Å². The predicted molar refractivity (Wildman–Crippen MR) is 84.4 cm³/mol. The monoisotopic (exact) mass is 294 g/mol. The third-order valence-electron chi connectivity index (χ3n) is 4.36. The Morgan fingerprint density at radius 1 is 1.09 bits per heavy atom. The lowest BCUT2D eigenvalue weighted by molar-refractivity contribution is -0.139. The van der Waals surface area contributed by atoms with Gasteiger partial charge in [0.2, 0.25) is 0 Å². The summed E-state index contributed by atoms with van der Waals surface area (Å²) in [5.41, 5.74) is 4.12. The Bertz CT molecular complexity index is 729. The van der Waals surface area contributed by atoms with Gasteiger partial charge in [0.25, 0.3) is 0 Å². The summed E-state index contributed by atoms with van der Waals surface area (Å²) in [5, 5.41) is 9.38. The smallest absolute Gasteiger partial charge is 0.310 e. The molecule has 1 unspecified atom stereocenters. The number of carbonyl (C=O) groups excluding carboxylic acids is 1. The van der Waals surface area contributed by atoms with Crippen LogP contribution >= 0.6 is 0 Å². The average molecular weight is 294 g/mol. The molecule has 0 saturated heterocycles. The van der Waals surface area contributed by atoms with Gasteiger partial charge in [-0.15, -0.1) is 0 Å². The minimum absolute atomic E-state index is 0.0251. The zero-order chi connectivity index (χ0) is 15.7. The van der Waals surface area contributed by atoms with Gasteiger partial charge < -0.3 is 5.11 Å². The van der Waals surface area contributed by atoms with Gasteiger partial charge in [-0.25, -0.2) is 0 Å². The van der Waals surface area contributed by atoms with E-state index in [0.717, 1.165) is 29.5 Å². The highest BCUT2D eigenvalue weighted by Gasteiger charge is 2.28. The van der Waals surface area contributed by atoms with Crippen molar-refractivity contribution in [3.63, 3.8) is 0 Å². The summed E-state index contributed by atoms with van der Waals surface area (Å²) in [4.78, 5) is 24.2. The second-order valence-electron chi connectivity index (χ2n) is 5.85. The van der Waals surface area contributed by atoms with E-state index in [1.807, 2.05) is 43.3 Å². The molecule has 0 bridgehead atoms. The van der Waals surface area contributed by atoms with Crippen LogP contribution in [0.4, 0.5) is 0 Å². The van der Waals surface area contributed by atoms with Crippen LogP contribution in [0.15, 0.2) is 42.5 Å². The SMILES string of the molecule is Cc1ccc(C(=O)c2cccc3c2CCCC3C(=O)O)cc1. The second kappa shape index (κ2) is 5.76. The lowest BCUT2D eigenvalue weighted by Crippen LogP contribution is -2.20. The summed E-state index contributed by atoms with van der Waals surface area (Å²) in [6, 6.07) is 12.9. The van der Waals surface area contributed by atoms with E-state index in [0.29, 0.717) is 17.5 Å². The van der Waals surface area contributed by atoms with Gasteiger partial charge in [0.1, 0.15) is 0 Å². The van der Waals surface area contributed by atoms with Gasteiger partial charge in [-0.2, -0.15) is 0 Å². The summed E-state index contributed by atoms with van der Waals surface area (Å²) in [6.07, 6.45) is 2.22. The van der Waals surface area contributed by atoms with Crippen molar-refractivity contribution in [2.75, 3.05) is 0 Å². The maximum atomic E-state index is 12.8. The van der Waals surface area contributed by atoms with Gasteiger partial charge in [0.05, 0.1) is 5.92 Å². The number of carboxylic acids is 1. The number of hydrogen-bond donors (Lipinski definition) is 1. The number of carbonyl (C=O) groups is 2. The summed E-state index contributed by atoms with van der Waals surface area (Å²) in [7, 11) is 0. The molecule has 0 fully saturated rings. The molecule has 3 nitrogen and oxygen atoms in total. The van der Waals surface area contributed by atoms with Gasteiger partial charge in [0, 0.05) is 11.1 Å². The van der Waals surface area contributed by atoms with E-state index >= 15 is 0 Å². The van der Waals surface area contributed by atoms with Crippen LogP contribution in [0.1, 0.15) is 51.4 Å². The van der Waals surface area contributed by atoms with E-state index < -0.39 is 11.9 Å². The molecule has 3 rings (SSSR count). The Morgan fingerprint density at radius 3 is 2.50 bits per heavy atom. The zero-order valence-corrected chi connectivity index (χ0v) is 12.5. The maximum absolute atomic E-state index is 12.8. The molecule has 2 aromatic carbocycles. The average Bonchev–Trinajstić information content (AvgIpc) is 2.53. The molecule has 0 spiro atoms. The fourth-order valence-corrected chi connectivity index (χ4v) is 3.18. The fourth-order valence-electron chi connectivity index (χ4n) is 3.18. The Morgan fingerprint density at radius 2 is 1.82 bits per heavy atom. The molecule has 3 heteroatoms. The van der Waals surface area contributed by atoms with Crippen LogP contribution < -0.4 is 0 Å². The van der Waals surface area contributed by atoms with Crippen LogP contribution in [0.3, 0.4) is 0 Å². The number of hydrogen-bond acceptors (Lipinski definition) is 2. The molecular weight excluding hydrogens is 276 g/mol. The molecular formula is C19H18O3. The minimum Gasteiger partial charge on any atom is -0.481 e. The number of rotatable bonds is 3. The number of ketones is 1. The van der Waals surface area contributed by atoms with Crippen LogP contribution in [0.5, 0.6) is 0 Å². The van der Waals surface area contributed by atoms with Crippen molar-refractivity contribution in [1.82, 2.24) is 0 Å². The first-order valence-corrected chi connectivity index (χ1v) is 7.54. The van der Waals surface area contributed by atoms with Crippen LogP contribution in [0, 0.1) is 6.92 Å². The first-order chi connectivity index (χ1) is 10.6. The molecule has 1 N–H and O–H groups in total. The van der Waals surface area contributed by atoms with Gasteiger partial charge in [0.15, 0.2) is 5.78 Å². The lowest BCUT2D eigenvalue weighted by atomic mass is 9.79. The molecule has 0 amide bonds. The number of aliphatic carboxylic acids is 1. The van der Waals surface area contributed by atoms with Gasteiger partial charge in [-0.05, 0) is 37.3 Å². The van der Waals surface area contributed by atoms with Crippen molar-refractivity contribution in [2.45, 2.75) is 32.1 Å². The predicted octanol–water partition coefficient (Wildman–Crippen LogP) is 3.73. The molecule has 2 aromatic rings. The molecule has 1 atom stereocenters. The fraction of sp³-hybridized carbons (Fsp3) is 0.263. The van der Waals surface area contributed by atoms with E-state index in [1.54, 1.807) is 6.07 Å². The molecule has 0 aliphatic heterocycles. The lowest BCUT2D eigenvalue weighted by Gasteiger charge is -2.24. The number of fused-ring (bicyclic) bond motifs is 1. The van der Waals surface area contributed by atoms with Crippen LogP contribution in [-0.4, -0.2) is 16.9 Å². The molecule has 112 valence electrons. The third-order valence-corrected chi connectivity index (χ3v) is 4.36. The summed E-state index contributed by atoms with van der Waals surface area (Å²) >= 11 is 0. The standard InChI is InChI=1S/C19H18O3/c1-12-8-10-13(11-9-12)18(20)16-6-2-5-15-14(16)4-3-7-17(15)19(21)22/h2,5-6,8-11,17H,3-4,7H2,1H3,(H,21,22). The molecule has 0 aromatic heterocycles. The molecule has 0 saturated carbocycles. The van der Waals surface area contributed by atoms with E-state index in [2.05, 4.69) is 0 Å². The van der Waals surface area contributed by atoms with E-state index in [1.165, 1.54) is 0 Å². The Hall–Kier alpha value is -2.42. The number of carboxylic acid groups (broad SMARTS) is 1. The summed E-state index contributed by atoms with van der Waals surface area (Å²) in [6.45, 7) is 1.98. The highest BCUT2D eigenvalue weighted by Crippen LogP contribution is 2.34. The third kappa shape index (κ3) is 2.54. The Kier molecular flexibility index (Phi) is 3.80. The van der Waals surface area contributed by atoms with Crippen molar-refractivity contribution in [3.8, 4) is 0 Å². The molecule has 22 heavy (non-hydrogen) atoms. The molecule has 1 aliphatic rings. The summed E-state index contributed by atoms with van der Waals surface area (Å²) < 4.78 is 0. The van der Waals surface area contributed by atoms with Crippen molar-refractivity contribution in [3.05, 3.63) is 70.3 Å².